The molecule has 0 radical (unpaired) electrons. The zero-order valence-corrected chi connectivity index (χ0v) is 13.8. The maximum atomic E-state index is 5.79. The summed E-state index contributed by atoms with van der Waals surface area (Å²) in [6.45, 7) is 6.64. The third-order valence-electron chi connectivity index (χ3n) is 2.83. The first-order valence-electron chi connectivity index (χ1n) is 6.35. The van der Waals surface area contributed by atoms with Gasteiger partial charge in [0.1, 0.15) is 10.8 Å². The zero-order valence-electron chi connectivity index (χ0n) is 12.2. The van der Waals surface area contributed by atoms with Crippen LogP contribution in [0.4, 0.5) is 5.82 Å². The van der Waals surface area contributed by atoms with Gasteiger partial charge in [-0.2, -0.15) is 0 Å². The number of rotatable bonds is 3. The van der Waals surface area contributed by atoms with E-state index in [0.29, 0.717) is 11.0 Å². The van der Waals surface area contributed by atoms with Crippen molar-refractivity contribution in [3.05, 3.63) is 35.9 Å². The summed E-state index contributed by atoms with van der Waals surface area (Å²) in [5.41, 5.74) is 7.29. The predicted molar refractivity (Wildman–Crippen MR) is 87.5 cm³/mol. The van der Waals surface area contributed by atoms with E-state index in [1.165, 1.54) is 17.3 Å². The molecule has 0 saturated heterocycles. The molecule has 0 bridgehead atoms. The SMILES string of the molecule is CSc1nc(N)cc(Sc2ccc(C(C)(C)C)cc2)n1. The van der Waals surface area contributed by atoms with Gasteiger partial charge in [-0.05, 0) is 29.4 Å². The maximum Gasteiger partial charge on any atom is 0.190 e. The predicted octanol–water partition coefficient (Wildman–Crippen LogP) is 4.23. The molecule has 0 fully saturated rings. The quantitative estimate of drug-likeness (QED) is 0.522. The number of aromatic nitrogens is 2. The van der Waals surface area contributed by atoms with Crippen LogP contribution in [0.25, 0.3) is 0 Å². The summed E-state index contributed by atoms with van der Waals surface area (Å²) in [5, 5.41) is 1.59. The maximum absolute atomic E-state index is 5.79. The summed E-state index contributed by atoms with van der Waals surface area (Å²) in [7, 11) is 0. The summed E-state index contributed by atoms with van der Waals surface area (Å²) >= 11 is 3.10. The molecule has 5 heteroatoms. The number of nitrogens with zero attached hydrogens (tertiary/aromatic N) is 2. The molecule has 0 spiro atoms. The molecular weight excluding hydrogens is 286 g/mol. The summed E-state index contributed by atoms with van der Waals surface area (Å²) in [6.07, 6.45) is 1.95. The van der Waals surface area contributed by atoms with Crippen LogP contribution in [0.2, 0.25) is 0 Å². The van der Waals surface area contributed by atoms with Gasteiger partial charge in [-0.15, -0.1) is 0 Å². The fourth-order valence-electron chi connectivity index (χ4n) is 1.71. The summed E-state index contributed by atoms with van der Waals surface area (Å²) in [4.78, 5) is 9.77. The van der Waals surface area contributed by atoms with E-state index < -0.39 is 0 Å². The van der Waals surface area contributed by atoms with Crippen molar-refractivity contribution in [1.29, 1.82) is 0 Å². The minimum Gasteiger partial charge on any atom is -0.384 e. The number of nitrogen functional groups attached to an aromatic ring is 1. The first-order valence-corrected chi connectivity index (χ1v) is 8.39. The van der Waals surface area contributed by atoms with Gasteiger partial charge in [-0.1, -0.05) is 56.4 Å². The van der Waals surface area contributed by atoms with Crippen molar-refractivity contribution in [2.24, 2.45) is 0 Å². The molecule has 0 saturated carbocycles. The van der Waals surface area contributed by atoms with Gasteiger partial charge in [0.05, 0.1) is 0 Å². The second kappa shape index (κ2) is 6.06. The van der Waals surface area contributed by atoms with Crippen LogP contribution in [0.15, 0.2) is 45.4 Å². The van der Waals surface area contributed by atoms with Crippen LogP contribution in [0.1, 0.15) is 26.3 Å². The average molecular weight is 305 g/mol. The van der Waals surface area contributed by atoms with Crippen molar-refractivity contribution in [2.75, 3.05) is 12.0 Å². The van der Waals surface area contributed by atoms with Gasteiger partial charge in [0, 0.05) is 11.0 Å². The van der Waals surface area contributed by atoms with Crippen molar-refractivity contribution >= 4 is 29.3 Å². The van der Waals surface area contributed by atoms with E-state index >= 15 is 0 Å². The summed E-state index contributed by atoms with van der Waals surface area (Å²) in [6, 6.07) is 10.4. The molecule has 0 atom stereocenters. The average Bonchev–Trinajstić information content (AvgIpc) is 2.37. The number of benzene rings is 1. The minimum absolute atomic E-state index is 0.175. The van der Waals surface area contributed by atoms with Crippen molar-refractivity contribution in [1.82, 2.24) is 9.97 Å². The Morgan fingerprint density at radius 3 is 2.25 bits per heavy atom. The highest BCUT2D eigenvalue weighted by Gasteiger charge is 2.13. The van der Waals surface area contributed by atoms with Crippen molar-refractivity contribution < 1.29 is 0 Å². The highest BCUT2D eigenvalue weighted by Crippen LogP contribution is 2.30. The molecule has 0 aliphatic heterocycles. The molecule has 2 aromatic rings. The molecule has 1 aromatic carbocycles. The zero-order chi connectivity index (χ0) is 14.8. The van der Waals surface area contributed by atoms with E-state index in [1.807, 2.05) is 12.3 Å². The largest absolute Gasteiger partial charge is 0.384 e. The third-order valence-corrected chi connectivity index (χ3v) is 4.30. The van der Waals surface area contributed by atoms with E-state index in [0.717, 1.165) is 9.92 Å². The summed E-state index contributed by atoms with van der Waals surface area (Å²) < 4.78 is 0. The number of nitrogens with two attached hydrogens (primary N) is 1. The van der Waals surface area contributed by atoms with Crippen LogP contribution in [-0.2, 0) is 5.41 Å². The number of thioether (sulfide) groups is 1. The Morgan fingerprint density at radius 2 is 1.70 bits per heavy atom. The van der Waals surface area contributed by atoms with Crippen LogP contribution in [0.3, 0.4) is 0 Å². The van der Waals surface area contributed by atoms with Crippen LogP contribution >= 0.6 is 23.5 Å². The molecule has 2 rings (SSSR count). The van der Waals surface area contributed by atoms with E-state index in [4.69, 9.17) is 5.73 Å². The Labute approximate surface area is 128 Å². The highest BCUT2D eigenvalue weighted by atomic mass is 32.2. The third kappa shape index (κ3) is 3.90. The number of hydrogen-bond donors (Lipinski definition) is 1. The monoisotopic (exact) mass is 305 g/mol. The van der Waals surface area contributed by atoms with Crippen LogP contribution in [0, 0.1) is 0 Å². The number of hydrogen-bond acceptors (Lipinski definition) is 5. The number of anilines is 1. The lowest BCUT2D eigenvalue weighted by atomic mass is 9.87. The molecular formula is C15H19N3S2. The fourth-order valence-corrected chi connectivity index (χ4v) is 2.98. The molecule has 106 valence electrons. The van der Waals surface area contributed by atoms with E-state index in [2.05, 4.69) is 55.0 Å². The molecule has 3 nitrogen and oxygen atoms in total. The fraction of sp³-hybridized carbons (Fsp3) is 0.333. The van der Waals surface area contributed by atoms with Crippen LogP contribution in [-0.4, -0.2) is 16.2 Å². The van der Waals surface area contributed by atoms with Gasteiger partial charge in [0.25, 0.3) is 0 Å². The van der Waals surface area contributed by atoms with Gasteiger partial charge in [-0.25, -0.2) is 9.97 Å². The molecule has 0 aliphatic carbocycles. The van der Waals surface area contributed by atoms with E-state index in [1.54, 1.807) is 11.8 Å². The second-order valence-electron chi connectivity index (χ2n) is 5.49. The highest BCUT2D eigenvalue weighted by molar-refractivity contribution is 7.99. The Kier molecular flexibility index (Phi) is 4.60. The standard InChI is InChI=1S/C15H19N3S2/c1-15(2,3)10-5-7-11(8-6-10)20-13-9-12(16)17-14(18-13)19-4/h5-9H,1-4H3,(H2,16,17,18). The molecule has 0 unspecified atom stereocenters. The van der Waals surface area contributed by atoms with Gasteiger partial charge in [0.15, 0.2) is 5.16 Å². The minimum atomic E-state index is 0.175. The van der Waals surface area contributed by atoms with Crippen molar-refractivity contribution in [3.63, 3.8) is 0 Å². The Balaban J connectivity index is 2.20. The van der Waals surface area contributed by atoms with Gasteiger partial charge in [-0.3, -0.25) is 0 Å². The topological polar surface area (TPSA) is 51.8 Å². The normalized spacial score (nSPS) is 11.6. The van der Waals surface area contributed by atoms with Gasteiger partial charge >= 0.3 is 0 Å². The van der Waals surface area contributed by atoms with Crippen molar-refractivity contribution in [2.45, 2.75) is 41.3 Å². The molecule has 0 aliphatic rings. The molecule has 2 N–H and O–H groups in total. The Bertz CT molecular complexity index is 589. The molecule has 0 amide bonds. The molecule has 20 heavy (non-hydrogen) atoms. The first-order chi connectivity index (χ1) is 9.38. The lowest BCUT2D eigenvalue weighted by molar-refractivity contribution is 0.590. The smallest absolute Gasteiger partial charge is 0.190 e. The summed E-state index contributed by atoms with van der Waals surface area (Å²) in [5.74, 6) is 0.512. The lowest BCUT2D eigenvalue weighted by Gasteiger charge is -2.19. The Morgan fingerprint density at radius 1 is 1.05 bits per heavy atom. The van der Waals surface area contributed by atoms with Crippen LogP contribution < -0.4 is 5.73 Å². The second-order valence-corrected chi connectivity index (χ2v) is 7.36. The molecule has 1 heterocycles. The molecule has 1 aromatic heterocycles. The Hall–Kier alpha value is -1.20. The first kappa shape index (κ1) is 15.2. The van der Waals surface area contributed by atoms with Crippen molar-refractivity contribution in [3.8, 4) is 0 Å². The van der Waals surface area contributed by atoms with E-state index in [-0.39, 0.29) is 5.41 Å². The van der Waals surface area contributed by atoms with Gasteiger partial charge in [0.2, 0.25) is 0 Å². The van der Waals surface area contributed by atoms with Crippen LogP contribution in [0.5, 0.6) is 0 Å². The van der Waals surface area contributed by atoms with E-state index in [9.17, 15) is 0 Å². The lowest BCUT2D eigenvalue weighted by Crippen LogP contribution is -2.10. The van der Waals surface area contributed by atoms with Gasteiger partial charge < -0.3 is 5.73 Å².